The summed E-state index contributed by atoms with van der Waals surface area (Å²) in [7, 11) is -2.03. The minimum Gasteiger partial charge on any atom is -0.497 e. The fraction of sp³-hybridized carbons (Fsp3) is 0.476. The number of benzene rings is 1. The predicted molar refractivity (Wildman–Crippen MR) is 113 cm³/mol. The summed E-state index contributed by atoms with van der Waals surface area (Å²) in [6, 6.07) is 10.7. The third-order valence-corrected chi connectivity index (χ3v) is 8.01. The molecule has 4 rings (SSSR count). The van der Waals surface area contributed by atoms with E-state index in [0.717, 1.165) is 13.1 Å². The van der Waals surface area contributed by atoms with Crippen LogP contribution in [-0.2, 0) is 21.4 Å². The average Bonchev–Trinajstić information content (AvgIpc) is 3.25. The molecule has 2 aliphatic heterocycles. The van der Waals surface area contributed by atoms with Crippen LogP contribution >= 0.6 is 0 Å². The molecule has 2 aromatic rings. The number of ether oxygens (including phenoxy) is 1. The zero-order valence-electron chi connectivity index (χ0n) is 17.4. The van der Waals surface area contributed by atoms with Crippen LogP contribution in [0.2, 0.25) is 0 Å². The largest absolute Gasteiger partial charge is 0.497 e. The molecular weight excluding hydrogens is 404 g/mol. The van der Waals surface area contributed by atoms with Gasteiger partial charge in [0.1, 0.15) is 5.75 Å². The number of nitrogens with zero attached hydrogens (tertiary/aromatic N) is 4. The summed E-state index contributed by atoms with van der Waals surface area (Å²) in [6.45, 7) is 5.63. The van der Waals surface area contributed by atoms with Gasteiger partial charge in [-0.25, -0.2) is 8.42 Å². The number of fused-ring (bicyclic) bond motifs is 1. The van der Waals surface area contributed by atoms with Crippen molar-refractivity contribution >= 4 is 15.9 Å². The Morgan fingerprint density at radius 1 is 1.03 bits per heavy atom. The number of piperazine rings is 1. The fourth-order valence-corrected chi connectivity index (χ4v) is 5.61. The first-order valence-corrected chi connectivity index (χ1v) is 11.7. The molecule has 0 radical (unpaired) electrons. The molecule has 1 unspecified atom stereocenters. The highest BCUT2D eigenvalue weighted by molar-refractivity contribution is 7.89. The Balaban J connectivity index is 1.34. The zero-order chi connectivity index (χ0) is 21.3. The highest BCUT2D eigenvalue weighted by Gasteiger charge is 2.32. The van der Waals surface area contributed by atoms with E-state index in [1.165, 1.54) is 10.00 Å². The van der Waals surface area contributed by atoms with Crippen LogP contribution in [0.25, 0.3) is 0 Å². The van der Waals surface area contributed by atoms with Crippen molar-refractivity contribution in [1.82, 2.24) is 18.7 Å². The molecule has 1 saturated heterocycles. The van der Waals surface area contributed by atoms with Gasteiger partial charge in [0.25, 0.3) is 0 Å². The third-order valence-electron chi connectivity index (χ3n) is 6.10. The van der Waals surface area contributed by atoms with Crippen LogP contribution in [0.5, 0.6) is 5.75 Å². The summed E-state index contributed by atoms with van der Waals surface area (Å²) in [4.78, 5) is 17.1. The maximum Gasteiger partial charge on any atom is 0.243 e. The van der Waals surface area contributed by atoms with Crippen molar-refractivity contribution in [2.75, 3.05) is 46.4 Å². The monoisotopic (exact) mass is 432 g/mol. The molecule has 1 aromatic carbocycles. The van der Waals surface area contributed by atoms with Crippen LogP contribution < -0.4 is 4.74 Å². The van der Waals surface area contributed by atoms with Crippen molar-refractivity contribution in [2.45, 2.75) is 24.4 Å². The predicted octanol–water partition coefficient (Wildman–Crippen LogP) is 1.41. The molecule has 0 saturated carbocycles. The molecule has 1 fully saturated rings. The molecule has 1 atom stereocenters. The van der Waals surface area contributed by atoms with E-state index in [0.29, 0.717) is 38.5 Å². The lowest BCUT2D eigenvalue weighted by Gasteiger charge is -2.38. The number of amides is 1. The first-order chi connectivity index (χ1) is 14.4. The lowest BCUT2D eigenvalue weighted by Crippen LogP contribution is -2.53. The molecule has 162 valence electrons. The van der Waals surface area contributed by atoms with Gasteiger partial charge in [0, 0.05) is 57.2 Å². The number of sulfonamides is 1. The van der Waals surface area contributed by atoms with Crippen LogP contribution in [0.1, 0.15) is 18.7 Å². The molecule has 9 heteroatoms. The molecule has 2 aliphatic rings. The van der Waals surface area contributed by atoms with Gasteiger partial charge in [-0.15, -0.1) is 0 Å². The van der Waals surface area contributed by atoms with Gasteiger partial charge >= 0.3 is 0 Å². The molecule has 1 aromatic heterocycles. The van der Waals surface area contributed by atoms with E-state index in [9.17, 15) is 13.2 Å². The quantitative estimate of drug-likeness (QED) is 0.714. The number of rotatable bonds is 5. The van der Waals surface area contributed by atoms with Crippen molar-refractivity contribution in [1.29, 1.82) is 0 Å². The molecule has 0 aliphatic carbocycles. The Labute approximate surface area is 177 Å². The summed E-state index contributed by atoms with van der Waals surface area (Å²) < 4.78 is 34.5. The number of aromatic nitrogens is 1. The maximum atomic E-state index is 12.9. The lowest BCUT2D eigenvalue weighted by atomic mass is 10.1. The molecule has 8 nitrogen and oxygen atoms in total. The third kappa shape index (κ3) is 3.97. The second-order valence-electron chi connectivity index (χ2n) is 7.73. The minimum absolute atomic E-state index is 0.0587. The lowest BCUT2D eigenvalue weighted by molar-refractivity contribution is -0.134. The Bertz CT molecular complexity index is 994. The van der Waals surface area contributed by atoms with Crippen LogP contribution in [0.15, 0.2) is 47.5 Å². The Morgan fingerprint density at radius 3 is 2.40 bits per heavy atom. The summed E-state index contributed by atoms with van der Waals surface area (Å²) >= 11 is 0. The van der Waals surface area contributed by atoms with E-state index in [-0.39, 0.29) is 16.8 Å². The van der Waals surface area contributed by atoms with Crippen LogP contribution in [-0.4, -0.2) is 79.4 Å². The molecule has 0 spiro atoms. The highest BCUT2D eigenvalue weighted by atomic mass is 32.2. The zero-order valence-corrected chi connectivity index (χ0v) is 18.2. The highest BCUT2D eigenvalue weighted by Crippen LogP contribution is 2.25. The first-order valence-electron chi connectivity index (χ1n) is 10.2. The van der Waals surface area contributed by atoms with Crippen molar-refractivity contribution in [3.05, 3.63) is 48.3 Å². The van der Waals surface area contributed by atoms with Crippen molar-refractivity contribution in [2.24, 2.45) is 0 Å². The molecular formula is C21H28N4O4S. The minimum atomic E-state index is -3.57. The van der Waals surface area contributed by atoms with Gasteiger partial charge in [-0.1, -0.05) is 0 Å². The molecule has 0 bridgehead atoms. The van der Waals surface area contributed by atoms with Crippen LogP contribution in [0, 0.1) is 0 Å². The van der Waals surface area contributed by atoms with Crippen LogP contribution in [0.4, 0.5) is 0 Å². The van der Waals surface area contributed by atoms with E-state index >= 15 is 0 Å². The Kier molecular flexibility index (Phi) is 5.86. The van der Waals surface area contributed by atoms with Crippen molar-refractivity contribution in [3.8, 4) is 5.75 Å². The summed E-state index contributed by atoms with van der Waals surface area (Å²) in [5.74, 6) is 0.673. The van der Waals surface area contributed by atoms with Gasteiger partial charge in [-0.2, -0.15) is 4.31 Å². The number of carbonyl (C=O) groups is 1. The van der Waals surface area contributed by atoms with Crippen LogP contribution in [0.3, 0.4) is 0 Å². The summed E-state index contributed by atoms with van der Waals surface area (Å²) in [6.07, 6.45) is 2.08. The smallest absolute Gasteiger partial charge is 0.243 e. The van der Waals surface area contributed by atoms with E-state index in [2.05, 4.69) is 28.7 Å². The topological polar surface area (TPSA) is 75.1 Å². The molecule has 1 amide bonds. The summed E-state index contributed by atoms with van der Waals surface area (Å²) in [5.41, 5.74) is 1.23. The number of methoxy groups -OCH3 is 1. The van der Waals surface area contributed by atoms with Gasteiger partial charge in [0.2, 0.25) is 15.9 Å². The second-order valence-corrected chi connectivity index (χ2v) is 9.67. The number of carbonyl (C=O) groups excluding carboxylic acids is 1. The molecule has 30 heavy (non-hydrogen) atoms. The maximum absolute atomic E-state index is 12.9. The van der Waals surface area contributed by atoms with Crippen molar-refractivity contribution < 1.29 is 17.9 Å². The second kappa shape index (κ2) is 8.41. The molecule has 3 heterocycles. The van der Waals surface area contributed by atoms with E-state index < -0.39 is 10.0 Å². The van der Waals surface area contributed by atoms with Gasteiger partial charge in [-0.3, -0.25) is 9.69 Å². The van der Waals surface area contributed by atoms with E-state index in [4.69, 9.17) is 4.74 Å². The van der Waals surface area contributed by atoms with E-state index in [1.807, 2.05) is 6.07 Å². The number of hydrogen-bond acceptors (Lipinski definition) is 5. The van der Waals surface area contributed by atoms with E-state index in [1.54, 1.807) is 36.3 Å². The van der Waals surface area contributed by atoms with Gasteiger partial charge in [0.15, 0.2) is 0 Å². The Morgan fingerprint density at radius 2 is 1.73 bits per heavy atom. The normalized spacial score (nSPS) is 20.7. The summed E-state index contributed by atoms with van der Waals surface area (Å²) in [5, 5.41) is 0. The number of hydrogen-bond donors (Lipinski definition) is 0. The average molecular weight is 433 g/mol. The fourth-order valence-electron chi connectivity index (χ4n) is 4.19. The van der Waals surface area contributed by atoms with Gasteiger partial charge in [0.05, 0.1) is 18.6 Å². The van der Waals surface area contributed by atoms with Crippen molar-refractivity contribution in [3.63, 3.8) is 0 Å². The standard InChI is InChI=1S/C21H28N4O4S/c1-17-20-4-3-9-22(20)10-11-24(17)16-21(26)23-12-14-25(15-13-23)30(27,28)19-7-5-18(29-2)6-8-19/h3-9,17H,10-16H2,1-2H3. The van der Waals surface area contributed by atoms with Gasteiger partial charge < -0.3 is 14.2 Å². The molecule has 0 N–H and O–H groups in total. The first kappa shape index (κ1) is 20.9. The Hall–Kier alpha value is -2.36. The van der Waals surface area contributed by atoms with Gasteiger partial charge in [-0.05, 0) is 43.3 Å². The SMILES string of the molecule is COc1ccc(S(=O)(=O)N2CCN(C(=O)CN3CCn4cccc4C3C)CC2)cc1.